The van der Waals surface area contributed by atoms with E-state index in [2.05, 4.69) is 20.9 Å². The second-order valence-electron chi connectivity index (χ2n) is 6.24. The number of rotatable bonds is 1. The molecule has 1 aromatic heterocycles. The number of aromatic nitrogens is 1. The van der Waals surface area contributed by atoms with Gasteiger partial charge < -0.3 is 9.47 Å². The summed E-state index contributed by atoms with van der Waals surface area (Å²) in [6, 6.07) is 3.33. The molecule has 1 saturated heterocycles. The summed E-state index contributed by atoms with van der Waals surface area (Å²) in [5, 5.41) is 0.367. The predicted octanol–water partition coefficient (Wildman–Crippen LogP) is 4.19. The Bertz CT molecular complexity index is 542. The highest BCUT2D eigenvalue weighted by Gasteiger charge is 2.36. The predicted molar refractivity (Wildman–Crippen MR) is 88.0 cm³/mol. The fourth-order valence-corrected chi connectivity index (χ4v) is 3.23. The second-order valence-corrected chi connectivity index (χ2v) is 7.44. The van der Waals surface area contributed by atoms with Gasteiger partial charge in [-0.05, 0) is 61.3 Å². The lowest BCUT2D eigenvalue weighted by atomic mass is 10.0. The Morgan fingerprint density at radius 1 is 1.50 bits per heavy atom. The Balaban J connectivity index is 2.32. The van der Waals surface area contributed by atoms with Crippen LogP contribution in [0.25, 0.3) is 0 Å². The van der Waals surface area contributed by atoms with Crippen molar-refractivity contribution in [3.63, 3.8) is 0 Å². The van der Waals surface area contributed by atoms with Crippen molar-refractivity contribution in [2.75, 3.05) is 13.2 Å². The quantitative estimate of drug-likeness (QED) is 0.673. The normalized spacial score (nSPS) is 22.5. The van der Waals surface area contributed by atoms with Crippen LogP contribution in [0.15, 0.2) is 16.7 Å². The molecule has 0 aromatic carbocycles. The highest BCUT2D eigenvalue weighted by atomic mass is 79.9. The highest BCUT2D eigenvalue weighted by Crippen LogP contribution is 2.33. The molecule has 5 nitrogen and oxygen atoms in total. The fourth-order valence-electron chi connectivity index (χ4n) is 2.45. The molecular weight excluding hydrogens is 372 g/mol. The summed E-state index contributed by atoms with van der Waals surface area (Å²) in [5.74, 6) is 0. The van der Waals surface area contributed by atoms with Gasteiger partial charge in [-0.15, -0.1) is 0 Å². The first-order valence-corrected chi connectivity index (χ1v) is 8.28. The van der Waals surface area contributed by atoms with Gasteiger partial charge in [-0.1, -0.05) is 11.6 Å². The topological polar surface area (TPSA) is 51.7 Å². The van der Waals surface area contributed by atoms with Gasteiger partial charge in [0.05, 0.1) is 18.8 Å². The average Bonchev–Trinajstić information content (AvgIpc) is 2.34. The molecule has 2 unspecified atom stereocenters. The Morgan fingerprint density at radius 2 is 2.18 bits per heavy atom. The van der Waals surface area contributed by atoms with Gasteiger partial charge in [0.2, 0.25) is 0 Å². The largest absolute Gasteiger partial charge is 0.444 e. The summed E-state index contributed by atoms with van der Waals surface area (Å²) in [4.78, 5) is 18.3. The zero-order valence-electron chi connectivity index (χ0n) is 13.1. The maximum atomic E-state index is 12.5. The third-order valence-corrected chi connectivity index (χ3v) is 3.85. The summed E-state index contributed by atoms with van der Waals surface area (Å²) in [5.41, 5.74) is 0.324. The van der Waals surface area contributed by atoms with E-state index in [0.29, 0.717) is 22.9 Å². The van der Waals surface area contributed by atoms with Crippen LogP contribution in [0.4, 0.5) is 4.79 Å². The minimum atomic E-state index is -0.542. The number of halogens is 2. The smallest absolute Gasteiger partial charge is 0.410 e. The Kier molecular flexibility index (Phi) is 5.35. The van der Waals surface area contributed by atoms with E-state index in [1.165, 1.54) is 0 Å². The molecule has 1 aliphatic rings. The standard InChI is InChI=1S/C15H20BrClN2O3/c1-9-13(10-7-11(16)18-12(17)8-10)19(5-6-21-9)14(20)22-15(2,3)4/h7-9,13H,5-6H2,1-4H3. The lowest BCUT2D eigenvalue weighted by molar-refractivity contribution is -0.0699. The first kappa shape index (κ1) is 17.5. The molecular formula is C15H20BrClN2O3. The molecule has 1 fully saturated rings. The van der Waals surface area contributed by atoms with Gasteiger partial charge in [0.25, 0.3) is 0 Å². The minimum Gasteiger partial charge on any atom is -0.444 e. The monoisotopic (exact) mass is 390 g/mol. The molecule has 0 radical (unpaired) electrons. The van der Waals surface area contributed by atoms with E-state index in [4.69, 9.17) is 21.1 Å². The Morgan fingerprint density at radius 3 is 2.77 bits per heavy atom. The maximum Gasteiger partial charge on any atom is 0.410 e. The van der Waals surface area contributed by atoms with E-state index in [9.17, 15) is 4.79 Å². The minimum absolute atomic E-state index is 0.161. The number of nitrogens with zero attached hydrogens (tertiary/aromatic N) is 2. The molecule has 2 heterocycles. The number of carbonyl (C=O) groups excluding carboxylic acids is 1. The van der Waals surface area contributed by atoms with Crippen LogP contribution in [0.1, 0.15) is 39.3 Å². The molecule has 1 amide bonds. The molecule has 2 rings (SSSR count). The molecule has 0 N–H and O–H groups in total. The Labute approximate surface area is 144 Å². The van der Waals surface area contributed by atoms with Crippen LogP contribution in [-0.2, 0) is 9.47 Å². The van der Waals surface area contributed by atoms with Crippen LogP contribution in [0.5, 0.6) is 0 Å². The van der Waals surface area contributed by atoms with E-state index >= 15 is 0 Å². The van der Waals surface area contributed by atoms with E-state index in [1.807, 2.05) is 33.8 Å². The van der Waals surface area contributed by atoms with Crippen LogP contribution < -0.4 is 0 Å². The van der Waals surface area contributed by atoms with Gasteiger partial charge in [-0.25, -0.2) is 9.78 Å². The molecule has 22 heavy (non-hydrogen) atoms. The van der Waals surface area contributed by atoms with Crippen LogP contribution >= 0.6 is 27.5 Å². The van der Waals surface area contributed by atoms with Crippen molar-refractivity contribution in [2.24, 2.45) is 0 Å². The molecule has 0 spiro atoms. The third kappa shape index (κ3) is 4.33. The first-order chi connectivity index (χ1) is 10.2. The Hall–Kier alpha value is -0.850. The molecule has 0 bridgehead atoms. The summed E-state index contributed by atoms with van der Waals surface area (Å²) in [6.07, 6.45) is -0.511. The average molecular weight is 392 g/mol. The summed E-state index contributed by atoms with van der Waals surface area (Å²) in [6.45, 7) is 8.44. The van der Waals surface area contributed by atoms with Gasteiger partial charge in [-0.3, -0.25) is 4.90 Å². The third-order valence-electron chi connectivity index (χ3n) is 3.25. The molecule has 2 atom stereocenters. The summed E-state index contributed by atoms with van der Waals surface area (Å²) >= 11 is 9.37. The second kappa shape index (κ2) is 6.72. The van der Waals surface area contributed by atoms with Crippen molar-refractivity contribution < 1.29 is 14.3 Å². The fraction of sp³-hybridized carbons (Fsp3) is 0.600. The lowest BCUT2D eigenvalue weighted by Gasteiger charge is -2.40. The van der Waals surface area contributed by atoms with E-state index < -0.39 is 5.60 Å². The SMILES string of the molecule is CC1OCCN(C(=O)OC(C)(C)C)C1c1cc(Cl)nc(Br)c1. The van der Waals surface area contributed by atoms with Crippen molar-refractivity contribution in [1.29, 1.82) is 0 Å². The van der Waals surface area contributed by atoms with E-state index in [1.54, 1.807) is 11.0 Å². The molecule has 1 aromatic rings. The number of morpholine rings is 1. The number of hydrogen-bond acceptors (Lipinski definition) is 4. The summed E-state index contributed by atoms with van der Waals surface area (Å²) in [7, 11) is 0. The van der Waals surface area contributed by atoms with E-state index in [-0.39, 0.29) is 18.2 Å². The molecule has 7 heteroatoms. The van der Waals surface area contributed by atoms with Crippen LogP contribution in [-0.4, -0.2) is 40.8 Å². The van der Waals surface area contributed by atoms with Crippen molar-refractivity contribution in [1.82, 2.24) is 9.88 Å². The van der Waals surface area contributed by atoms with Gasteiger partial charge in [-0.2, -0.15) is 0 Å². The number of hydrogen-bond donors (Lipinski definition) is 0. The van der Waals surface area contributed by atoms with Crippen LogP contribution in [0.3, 0.4) is 0 Å². The van der Waals surface area contributed by atoms with Crippen molar-refractivity contribution >= 4 is 33.6 Å². The van der Waals surface area contributed by atoms with Crippen LogP contribution in [0.2, 0.25) is 5.15 Å². The maximum absolute atomic E-state index is 12.5. The van der Waals surface area contributed by atoms with Crippen molar-refractivity contribution in [3.05, 3.63) is 27.5 Å². The van der Waals surface area contributed by atoms with Crippen molar-refractivity contribution in [2.45, 2.75) is 45.4 Å². The molecule has 0 saturated carbocycles. The van der Waals surface area contributed by atoms with Gasteiger partial charge in [0.1, 0.15) is 15.4 Å². The molecule has 122 valence electrons. The number of amides is 1. The molecule has 0 aliphatic carbocycles. The van der Waals surface area contributed by atoms with Gasteiger partial charge in [0, 0.05) is 6.54 Å². The highest BCUT2D eigenvalue weighted by molar-refractivity contribution is 9.10. The zero-order chi connectivity index (χ0) is 16.5. The van der Waals surface area contributed by atoms with Crippen molar-refractivity contribution in [3.8, 4) is 0 Å². The van der Waals surface area contributed by atoms with Gasteiger partial charge >= 0.3 is 6.09 Å². The number of carbonyl (C=O) groups is 1. The number of pyridine rings is 1. The number of ether oxygens (including phenoxy) is 2. The van der Waals surface area contributed by atoms with E-state index in [0.717, 1.165) is 5.56 Å². The molecule has 1 aliphatic heterocycles. The lowest BCUT2D eigenvalue weighted by Crippen LogP contribution is -2.48. The zero-order valence-corrected chi connectivity index (χ0v) is 15.4. The first-order valence-electron chi connectivity index (χ1n) is 7.11. The summed E-state index contributed by atoms with van der Waals surface area (Å²) < 4.78 is 11.8. The van der Waals surface area contributed by atoms with Crippen LogP contribution in [0, 0.1) is 0 Å². The van der Waals surface area contributed by atoms with Gasteiger partial charge in [0.15, 0.2) is 0 Å².